The smallest absolute Gasteiger partial charge is 0.283 e. The summed E-state index contributed by atoms with van der Waals surface area (Å²) >= 11 is 0. The van der Waals surface area contributed by atoms with Crippen molar-refractivity contribution < 1.29 is 35.9 Å². The van der Waals surface area contributed by atoms with Gasteiger partial charge in [0.15, 0.2) is 5.76 Å². The van der Waals surface area contributed by atoms with Gasteiger partial charge in [0.05, 0.1) is 17.5 Å². The van der Waals surface area contributed by atoms with Crippen molar-refractivity contribution in [2.24, 2.45) is 0 Å². The highest BCUT2D eigenvalue weighted by Crippen LogP contribution is 2.28. The number of alkyl halides is 2. The maximum Gasteiger partial charge on any atom is 0.283 e. The molecule has 11 heteroatoms. The largest absolute Gasteiger partial charge is 0.487 e. The summed E-state index contributed by atoms with van der Waals surface area (Å²) in [5, 5.41) is 9.98. The standard InChI is InChI=1S/C21H13F4N3O4/c22-12-4-6-16(31-10-18(24)25)13(9-12)19(29)26-15-8-11(3-5-14(15)23)20-27-28-21(32-20)17-2-1-7-30-17/h1-9,18H,10H2,(H,26,29). The van der Waals surface area contributed by atoms with Crippen molar-refractivity contribution in [3.05, 3.63) is 72.0 Å². The molecule has 2 aromatic carbocycles. The molecule has 0 unspecified atom stereocenters. The number of nitrogens with one attached hydrogen (secondary N) is 1. The van der Waals surface area contributed by atoms with Gasteiger partial charge in [-0.3, -0.25) is 4.79 Å². The minimum absolute atomic E-state index is 0.0265. The van der Waals surface area contributed by atoms with E-state index >= 15 is 0 Å². The molecule has 1 amide bonds. The first-order chi connectivity index (χ1) is 15.4. The fraction of sp³-hybridized carbons (Fsp3) is 0.0952. The predicted molar refractivity (Wildman–Crippen MR) is 103 cm³/mol. The zero-order valence-electron chi connectivity index (χ0n) is 16.0. The number of carbonyl (C=O) groups excluding carboxylic acids is 1. The summed E-state index contributed by atoms with van der Waals surface area (Å²) < 4.78 is 68.4. The lowest BCUT2D eigenvalue weighted by molar-refractivity contribution is 0.0802. The Morgan fingerprint density at radius 1 is 1.06 bits per heavy atom. The second kappa shape index (κ2) is 8.92. The number of carbonyl (C=O) groups is 1. The van der Waals surface area contributed by atoms with E-state index in [1.54, 1.807) is 12.1 Å². The molecule has 7 nitrogen and oxygen atoms in total. The van der Waals surface area contributed by atoms with Crippen LogP contribution in [0.3, 0.4) is 0 Å². The molecule has 0 aliphatic rings. The van der Waals surface area contributed by atoms with Gasteiger partial charge in [0.1, 0.15) is 24.0 Å². The van der Waals surface area contributed by atoms with E-state index in [1.165, 1.54) is 18.4 Å². The molecule has 2 heterocycles. The van der Waals surface area contributed by atoms with E-state index in [0.717, 1.165) is 24.3 Å². The highest BCUT2D eigenvalue weighted by atomic mass is 19.3. The lowest BCUT2D eigenvalue weighted by Crippen LogP contribution is -2.16. The van der Waals surface area contributed by atoms with Gasteiger partial charge in [-0.2, -0.15) is 0 Å². The van der Waals surface area contributed by atoms with E-state index in [-0.39, 0.29) is 34.3 Å². The Bertz CT molecular complexity index is 1240. The number of rotatable bonds is 7. The topological polar surface area (TPSA) is 90.4 Å². The third kappa shape index (κ3) is 4.61. The van der Waals surface area contributed by atoms with Gasteiger partial charge in [-0.1, -0.05) is 0 Å². The summed E-state index contributed by atoms with van der Waals surface area (Å²) in [6.07, 6.45) is -1.37. The van der Waals surface area contributed by atoms with Crippen molar-refractivity contribution >= 4 is 11.6 Å². The minimum Gasteiger partial charge on any atom is -0.487 e. The Kier molecular flexibility index (Phi) is 5.88. The van der Waals surface area contributed by atoms with Gasteiger partial charge in [0.25, 0.3) is 18.2 Å². The number of anilines is 1. The van der Waals surface area contributed by atoms with Crippen LogP contribution < -0.4 is 10.1 Å². The number of furan rings is 1. The van der Waals surface area contributed by atoms with Crippen molar-refractivity contribution in [1.82, 2.24) is 10.2 Å². The number of benzene rings is 2. The molecule has 0 aliphatic carbocycles. The third-order valence-electron chi connectivity index (χ3n) is 4.17. The Morgan fingerprint density at radius 2 is 1.88 bits per heavy atom. The zero-order chi connectivity index (χ0) is 22.7. The molecule has 1 N–H and O–H groups in total. The van der Waals surface area contributed by atoms with E-state index in [9.17, 15) is 22.4 Å². The fourth-order valence-electron chi connectivity index (χ4n) is 2.74. The lowest BCUT2D eigenvalue weighted by Gasteiger charge is -2.12. The van der Waals surface area contributed by atoms with Crippen molar-refractivity contribution in [2.45, 2.75) is 6.43 Å². The van der Waals surface area contributed by atoms with E-state index in [4.69, 9.17) is 13.6 Å². The molecule has 0 atom stereocenters. The van der Waals surface area contributed by atoms with Crippen molar-refractivity contribution in [1.29, 1.82) is 0 Å². The summed E-state index contributed by atoms with van der Waals surface area (Å²) in [5.74, 6) is -2.39. The van der Waals surface area contributed by atoms with E-state index in [0.29, 0.717) is 5.76 Å². The number of nitrogens with zero attached hydrogens (tertiary/aromatic N) is 2. The average Bonchev–Trinajstić information content (AvgIpc) is 3.46. The van der Waals surface area contributed by atoms with Crippen LogP contribution in [0.1, 0.15) is 10.4 Å². The fourth-order valence-corrected chi connectivity index (χ4v) is 2.74. The molecular weight excluding hydrogens is 434 g/mol. The third-order valence-corrected chi connectivity index (χ3v) is 4.17. The number of hydrogen-bond acceptors (Lipinski definition) is 6. The van der Waals surface area contributed by atoms with Gasteiger partial charge in [-0.25, -0.2) is 17.6 Å². The number of hydrogen-bond donors (Lipinski definition) is 1. The van der Waals surface area contributed by atoms with Gasteiger partial charge >= 0.3 is 0 Å². The van der Waals surface area contributed by atoms with Gasteiger partial charge in [0, 0.05) is 5.56 Å². The first-order valence-corrected chi connectivity index (χ1v) is 9.10. The summed E-state index contributed by atoms with van der Waals surface area (Å²) in [6.45, 7) is -0.995. The van der Waals surface area contributed by atoms with Crippen LogP contribution in [0.5, 0.6) is 5.75 Å². The molecule has 0 saturated carbocycles. The van der Waals surface area contributed by atoms with E-state index in [2.05, 4.69) is 15.5 Å². The van der Waals surface area contributed by atoms with Crippen LogP contribution in [0.4, 0.5) is 23.2 Å². The molecule has 0 aliphatic heterocycles. The average molecular weight is 447 g/mol. The summed E-state index contributed by atoms with van der Waals surface area (Å²) in [5.41, 5.74) is -0.386. The second-order valence-electron chi connectivity index (χ2n) is 6.38. The molecule has 2 aromatic heterocycles. The van der Waals surface area contributed by atoms with Crippen LogP contribution in [0.2, 0.25) is 0 Å². The SMILES string of the molecule is O=C(Nc1cc(-c2nnc(-c3ccco3)o2)ccc1F)c1cc(F)ccc1OCC(F)F. The molecule has 0 fully saturated rings. The Morgan fingerprint density at radius 3 is 2.62 bits per heavy atom. The van der Waals surface area contributed by atoms with Gasteiger partial charge in [-0.15, -0.1) is 10.2 Å². The van der Waals surface area contributed by atoms with Crippen LogP contribution in [0, 0.1) is 11.6 Å². The maximum atomic E-state index is 14.3. The molecule has 32 heavy (non-hydrogen) atoms. The first kappa shape index (κ1) is 21.1. The zero-order valence-corrected chi connectivity index (χ0v) is 16.0. The predicted octanol–water partition coefficient (Wildman–Crippen LogP) is 5.17. The lowest BCUT2D eigenvalue weighted by atomic mass is 10.1. The highest BCUT2D eigenvalue weighted by Gasteiger charge is 2.19. The minimum atomic E-state index is -2.80. The van der Waals surface area contributed by atoms with Gasteiger partial charge < -0.3 is 18.9 Å². The monoisotopic (exact) mass is 447 g/mol. The van der Waals surface area contributed by atoms with Gasteiger partial charge in [-0.05, 0) is 48.5 Å². The van der Waals surface area contributed by atoms with Crippen LogP contribution in [0.25, 0.3) is 23.1 Å². The Labute approximate surface area is 177 Å². The molecule has 0 bridgehead atoms. The molecule has 0 radical (unpaired) electrons. The van der Waals surface area contributed by atoms with Crippen LogP contribution in [-0.4, -0.2) is 29.1 Å². The van der Waals surface area contributed by atoms with E-state index in [1.807, 2.05) is 0 Å². The number of amides is 1. The normalized spacial score (nSPS) is 11.0. The molecule has 0 saturated heterocycles. The second-order valence-corrected chi connectivity index (χ2v) is 6.38. The number of ether oxygens (including phenoxy) is 1. The molecule has 0 spiro atoms. The molecule has 4 aromatic rings. The maximum absolute atomic E-state index is 14.3. The Hall–Kier alpha value is -4.15. The van der Waals surface area contributed by atoms with Crippen LogP contribution >= 0.6 is 0 Å². The van der Waals surface area contributed by atoms with Crippen molar-refractivity contribution in [3.8, 4) is 28.9 Å². The van der Waals surface area contributed by atoms with Crippen LogP contribution in [0.15, 0.2) is 63.6 Å². The number of halogens is 4. The highest BCUT2D eigenvalue weighted by molar-refractivity contribution is 6.06. The summed E-state index contributed by atoms with van der Waals surface area (Å²) in [6, 6.07) is 9.66. The molecule has 164 valence electrons. The quantitative estimate of drug-likeness (QED) is 0.393. The van der Waals surface area contributed by atoms with Crippen molar-refractivity contribution in [3.63, 3.8) is 0 Å². The first-order valence-electron chi connectivity index (χ1n) is 9.10. The van der Waals surface area contributed by atoms with Gasteiger partial charge in [0.2, 0.25) is 5.89 Å². The molecular formula is C21H13F4N3O4. The number of aromatic nitrogens is 2. The van der Waals surface area contributed by atoms with Crippen LogP contribution in [-0.2, 0) is 0 Å². The Balaban J connectivity index is 1.59. The summed E-state index contributed by atoms with van der Waals surface area (Å²) in [7, 11) is 0. The van der Waals surface area contributed by atoms with Crippen molar-refractivity contribution in [2.75, 3.05) is 11.9 Å². The summed E-state index contributed by atoms with van der Waals surface area (Å²) in [4.78, 5) is 12.6. The molecule has 4 rings (SSSR count). The van der Waals surface area contributed by atoms with E-state index < -0.39 is 30.6 Å².